The Morgan fingerprint density at radius 1 is 1.33 bits per heavy atom. The maximum atomic E-state index is 9.03. The van der Waals surface area contributed by atoms with Gasteiger partial charge in [0.25, 0.3) is 0 Å². The van der Waals surface area contributed by atoms with Crippen LogP contribution in [0.25, 0.3) is 0 Å². The fourth-order valence-electron chi connectivity index (χ4n) is 1.39. The van der Waals surface area contributed by atoms with Gasteiger partial charge in [0, 0.05) is 6.42 Å². The first-order valence-corrected chi connectivity index (χ1v) is 3.52. The minimum absolute atomic E-state index is 0.240. The van der Waals surface area contributed by atoms with Crippen LogP contribution in [0.3, 0.4) is 0 Å². The Bertz CT molecular complexity index is 67.9. The first kappa shape index (κ1) is 7.03. The van der Waals surface area contributed by atoms with Gasteiger partial charge in [-0.25, -0.2) is 0 Å². The van der Waals surface area contributed by atoms with E-state index in [9.17, 15) is 0 Å². The van der Waals surface area contributed by atoms with Crippen LogP contribution in [0, 0.1) is 5.92 Å². The summed E-state index contributed by atoms with van der Waals surface area (Å²) < 4.78 is 5.11. The Balaban J connectivity index is 2.34. The zero-order valence-corrected chi connectivity index (χ0v) is 6.00. The lowest BCUT2D eigenvalue weighted by Crippen LogP contribution is -2.29. The van der Waals surface area contributed by atoms with Gasteiger partial charge in [0.05, 0.1) is 6.10 Å². The molecule has 54 valence electrons. The highest BCUT2D eigenvalue weighted by Crippen LogP contribution is 2.22. The van der Waals surface area contributed by atoms with E-state index >= 15 is 0 Å². The Morgan fingerprint density at radius 3 is 2.44 bits per heavy atom. The number of aliphatic hydroxyl groups excluding tert-OH is 1. The van der Waals surface area contributed by atoms with Crippen LogP contribution in [0.15, 0.2) is 0 Å². The molecule has 1 aliphatic rings. The van der Waals surface area contributed by atoms with E-state index in [4.69, 9.17) is 9.84 Å². The van der Waals surface area contributed by atoms with E-state index in [2.05, 4.69) is 6.92 Å². The molecule has 0 saturated carbocycles. The molecule has 0 aromatic heterocycles. The van der Waals surface area contributed by atoms with Crippen LogP contribution in [0.5, 0.6) is 0 Å². The largest absolute Gasteiger partial charge is 0.368 e. The summed E-state index contributed by atoms with van der Waals surface area (Å²) in [6, 6.07) is 0. The summed E-state index contributed by atoms with van der Waals surface area (Å²) in [6.07, 6.45) is 1.61. The first-order valence-electron chi connectivity index (χ1n) is 3.52. The van der Waals surface area contributed by atoms with Gasteiger partial charge in [0.1, 0.15) is 0 Å². The number of hydrogen-bond acceptors (Lipinski definition) is 2. The van der Waals surface area contributed by atoms with E-state index in [0.29, 0.717) is 5.92 Å². The molecule has 0 bridgehead atoms. The molecule has 2 heteroatoms. The summed E-state index contributed by atoms with van der Waals surface area (Å²) in [5, 5.41) is 9.03. The zero-order valence-electron chi connectivity index (χ0n) is 6.00. The molecular formula is C7H14O2. The third kappa shape index (κ3) is 1.95. The van der Waals surface area contributed by atoms with Gasteiger partial charge >= 0.3 is 0 Å². The Kier molecular flexibility index (Phi) is 2.09. The highest BCUT2D eigenvalue weighted by Gasteiger charge is 2.21. The van der Waals surface area contributed by atoms with Crippen molar-refractivity contribution in [1.82, 2.24) is 0 Å². The Hall–Kier alpha value is -0.0800. The molecule has 0 aliphatic carbocycles. The van der Waals surface area contributed by atoms with Crippen molar-refractivity contribution in [2.45, 2.75) is 39.1 Å². The minimum Gasteiger partial charge on any atom is -0.368 e. The van der Waals surface area contributed by atoms with Crippen molar-refractivity contribution in [3.05, 3.63) is 0 Å². The second-order valence-electron chi connectivity index (χ2n) is 2.98. The molecule has 0 amide bonds. The number of rotatable bonds is 0. The molecule has 1 rings (SSSR count). The summed E-state index contributed by atoms with van der Waals surface area (Å²) in [5.41, 5.74) is 0. The molecular weight excluding hydrogens is 116 g/mol. The van der Waals surface area contributed by atoms with Crippen molar-refractivity contribution in [3.8, 4) is 0 Å². The molecule has 1 N–H and O–H groups in total. The molecule has 1 saturated heterocycles. The lowest BCUT2D eigenvalue weighted by atomic mass is 9.98. The van der Waals surface area contributed by atoms with Crippen molar-refractivity contribution in [2.75, 3.05) is 0 Å². The Labute approximate surface area is 55.8 Å². The molecule has 0 aromatic rings. The normalized spacial score (nSPS) is 45.0. The number of ether oxygens (including phenoxy) is 1. The topological polar surface area (TPSA) is 29.5 Å². The van der Waals surface area contributed by atoms with Crippen LogP contribution in [-0.4, -0.2) is 17.5 Å². The predicted molar refractivity (Wildman–Crippen MR) is 35.0 cm³/mol. The van der Waals surface area contributed by atoms with E-state index in [1.807, 2.05) is 6.92 Å². The lowest BCUT2D eigenvalue weighted by molar-refractivity contribution is -0.169. The summed E-state index contributed by atoms with van der Waals surface area (Å²) in [6.45, 7) is 4.14. The van der Waals surface area contributed by atoms with Gasteiger partial charge in [0.15, 0.2) is 6.29 Å². The fraction of sp³-hybridized carbons (Fsp3) is 1.00. The highest BCUT2D eigenvalue weighted by molar-refractivity contribution is 4.66. The van der Waals surface area contributed by atoms with Crippen molar-refractivity contribution in [2.24, 2.45) is 5.92 Å². The van der Waals surface area contributed by atoms with Gasteiger partial charge in [-0.3, -0.25) is 0 Å². The van der Waals surface area contributed by atoms with Gasteiger partial charge in [-0.05, 0) is 19.3 Å². The van der Waals surface area contributed by atoms with E-state index in [1.54, 1.807) is 0 Å². The van der Waals surface area contributed by atoms with Gasteiger partial charge in [0.2, 0.25) is 0 Å². The summed E-state index contributed by atoms with van der Waals surface area (Å²) in [7, 11) is 0. The van der Waals surface area contributed by atoms with Crippen molar-refractivity contribution >= 4 is 0 Å². The third-order valence-electron chi connectivity index (χ3n) is 1.73. The molecule has 2 unspecified atom stereocenters. The SMILES string of the molecule is CC1CC(O)O[C@@H](C)C1. The van der Waals surface area contributed by atoms with Gasteiger partial charge < -0.3 is 9.84 Å². The van der Waals surface area contributed by atoms with E-state index in [-0.39, 0.29) is 6.10 Å². The standard InChI is InChI=1S/C7H14O2/c1-5-3-6(2)9-7(8)4-5/h5-8H,3-4H2,1-2H3/t5?,6-,7?/m0/s1. The molecule has 2 nitrogen and oxygen atoms in total. The van der Waals surface area contributed by atoms with Crippen molar-refractivity contribution in [1.29, 1.82) is 0 Å². The molecule has 0 aromatic carbocycles. The monoisotopic (exact) mass is 130 g/mol. The first-order chi connectivity index (χ1) is 4.18. The second-order valence-corrected chi connectivity index (χ2v) is 2.98. The van der Waals surface area contributed by atoms with Crippen molar-refractivity contribution < 1.29 is 9.84 Å². The molecule has 1 heterocycles. The smallest absolute Gasteiger partial charge is 0.155 e. The molecule has 1 aliphatic heterocycles. The van der Waals surface area contributed by atoms with E-state index < -0.39 is 6.29 Å². The van der Waals surface area contributed by atoms with Crippen LogP contribution < -0.4 is 0 Å². The second kappa shape index (κ2) is 2.67. The molecule has 9 heavy (non-hydrogen) atoms. The van der Waals surface area contributed by atoms with E-state index in [1.165, 1.54) is 0 Å². The summed E-state index contributed by atoms with van der Waals surface area (Å²) >= 11 is 0. The van der Waals surface area contributed by atoms with Crippen molar-refractivity contribution in [3.63, 3.8) is 0 Å². The highest BCUT2D eigenvalue weighted by atomic mass is 16.6. The molecule has 1 fully saturated rings. The quantitative estimate of drug-likeness (QED) is 0.533. The molecule has 0 spiro atoms. The maximum absolute atomic E-state index is 9.03. The fourth-order valence-corrected chi connectivity index (χ4v) is 1.39. The summed E-state index contributed by atoms with van der Waals surface area (Å²) in [4.78, 5) is 0. The molecule has 0 radical (unpaired) electrons. The average Bonchev–Trinajstić information content (AvgIpc) is 1.59. The number of hydrogen-bond donors (Lipinski definition) is 1. The lowest BCUT2D eigenvalue weighted by Gasteiger charge is -2.28. The van der Waals surface area contributed by atoms with Gasteiger partial charge in [-0.15, -0.1) is 0 Å². The minimum atomic E-state index is -0.510. The van der Waals surface area contributed by atoms with Crippen LogP contribution in [0.2, 0.25) is 0 Å². The predicted octanol–water partition coefficient (Wildman–Crippen LogP) is 1.14. The van der Waals surface area contributed by atoms with Crippen LogP contribution in [-0.2, 0) is 4.74 Å². The van der Waals surface area contributed by atoms with Crippen LogP contribution in [0.4, 0.5) is 0 Å². The van der Waals surface area contributed by atoms with Gasteiger partial charge in [-0.1, -0.05) is 6.92 Å². The third-order valence-corrected chi connectivity index (χ3v) is 1.73. The van der Waals surface area contributed by atoms with Gasteiger partial charge in [-0.2, -0.15) is 0 Å². The molecule has 3 atom stereocenters. The maximum Gasteiger partial charge on any atom is 0.155 e. The Morgan fingerprint density at radius 2 is 2.00 bits per heavy atom. The average molecular weight is 130 g/mol. The number of aliphatic hydroxyl groups is 1. The van der Waals surface area contributed by atoms with E-state index in [0.717, 1.165) is 12.8 Å². The van der Waals surface area contributed by atoms with Crippen LogP contribution >= 0.6 is 0 Å². The zero-order chi connectivity index (χ0) is 6.85. The van der Waals surface area contributed by atoms with Crippen LogP contribution in [0.1, 0.15) is 26.7 Å². The summed E-state index contributed by atoms with van der Waals surface area (Å²) in [5.74, 6) is 0.615.